The van der Waals surface area contributed by atoms with Gasteiger partial charge in [-0.2, -0.15) is 0 Å². The maximum atomic E-state index is 12.5. The third kappa shape index (κ3) is 5.31. The summed E-state index contributed by atoms with van der Waals surface area (Å²) in [7, 11) is 1.35. The average molecular weight is 367 g/mol. The number of nitrogens with one attached hydrogen (secondary N) is 1. The monoisotopic (exact) mass is 367 g/mol. The van der Waals surface area contributed by atoms with Gasteiger partial charge in [0.15, 0.2) is 0 Å². The largest absolute Gasteiger partial charge is 0.465 e. The molecule has 0 spiro atoms. The zero-order chi connectivity index (χ0) is 19.1. The lowest BCUT2D eigenvalue weighted by Crippen LogP contribution is -2.49. The van der Waals surface area contributed by atoms with E-state index in [0.717, 1.165) is 38.4 Å². The molecule has 0 aliphatic carbocycles. The zero-order valence-corrected chi connectivity index (χ0v) is 15.6. The number of carbonyl (C=O) groups excluding carboxylic acids is 2. The molecule has 2 aromatic carbocycles. The molecule has 0 radical (unpaired) electrons. The molecule has 1 fully saturated rings. The number of methoxy groups -OCH3 is 1. The number of ether oxygens (including phenoxy) is 1. The van der Waals surface area contributed by atoms with E-state index in [2.05, 4.69) is 34.5 Å². The lowest BCUT2D eigenvalue weighted by molar-refractivity contribution is -0.131. The number of piperazine rings is 1. The van der Waals surface area contributed by atoms with Gasteiger partial charge in [0, 0.05) is 38.4 Å². The van der Waals surface area contributed by atoms with Crippen molar-refractivity contribution < 1.29 is 14.3 Å². The molecule has 1 heterocycles. The standard InChI is InChI=1S/C21H25N3O3/c1-27-21(26)18-8-5-9-19(14-18)22-15-20(25)24-12-10-23(11-13-24)16-17-6-3-2-4-7-17/h2-9,14,22H,10-13,15-16H2,1H3. The first kappa shape index (κ1) is 18.9. The Bertz CT molecular complexity index is 771. The van der Waals surface area contributed by atoms with Gasteiger partial charge in [-0.25, -0.2) is 4.79 Å². The lowest BCUT2D eigenvalue weighted by atomic mass is 10.2. The number of hydrogen-bond acceptors (Lipinski definition) is 5. The van der Waals surface area contributed by atoms with E-state index >= 15 is 0 Å². The summed E-state index contributed by atoms with van der Waals surface area (Å²) in [6.07, 6.45) is 0. The van der Waals surface area contributed by atoms with Crippen LogP contribution in [0.5, 0.6) is 0 Å². The number of nitrogens with zero attached hydrogens (tertiary/aromatic N) is 2. The highest BCUT2D eigenvalue weighted by molar-refractivity contribution is 5.90. The number of benzene rings is 2. The number of rotatable bonds is 6. The molecular weight excluding hydrogens is 342 g/mol. The van der Waals surface area contributed by atoms with Gasteiger partial charge in [0.05, 0.1) is 19.2 Å². The topological polar surface area (TPSA) is 61.9 Å². The van der Waals surface area contributed by atoms with Crippen LogP contribution in [0.25, 0.3) is 0 Å². The van der Waals surface area contributed by atoms with Crippen LogP contribution < -0.4 is 5.32 Å². The molecule has 1 amide bonds. The maximum Gasteiger partial charge on any atom is 0.337 e. The summed E-state index contributed by atoms with van der Waals surface area (Å²) in [6, 6.07) is 17.4. The van der Waals surface area contributed by atoms with Crippen LogP contribution in [-0.2, 0) is 16.1 Å². The smallest absolute Gasteiger partial charge is 0.337 e. The maximum absolute atomic E-state index is 12.5. The van der Waals surface area contributed by atoms with Crippen LogP contribution in [0.4, 0.5) is 5.69 Å². The first-order valence-electron chi connectivity index (χ1n) is 9.12. The quantitative estimate of drug-likeness (QED) is 0.794. The molecule has 0 aromatic heterocycles. The van der Waals surface area contributed by atoms with Crippen molar-refractivity contribution in [1.82, 2.24) is 9.80 Å². The molecule has 0 atom stereocenters. The predicted octanol–water partition coefficient (Wildman–Crippen LogP) is 2.23. The van der Waals surface area contributed by atoms with Gasteiger partial charge in [0.1, 0.15) is 0 Å². The van der Waals surface area contributed by atoms with Gasteiger partial charge in [-0.05, 0) is 23.8 Å². The highest BCUT2D eigenvalue weighted by Gasteiger charge is 2.20. The van der Waals surface area contributed by atoms with E-state index in [9.17, 15) is 9.59 Å². The van der Waals surface area contributed by atoms with E-state index < -0.39 is 0 Å². The molecule has 1 saturated heterocycles. The number of esters is 1. The van der Waals surface area contributed by atoms with Gasteiger partial charge in [0.25, 0.3) is 0 Å². The van der Waals surface area contributed by atoms with Crippen molar-refractivity contribution in [3.63, 3.8) is 0 Å². The number of carbonyl (C=O) groups is 2. The second kappa shape index (κ2) is 9.19. The van der Waals surface area contributed by atoms with E-state index in [1.54, 1.807) is 18.2 Å². The minimum Gasteiger partial charge on any atom is -0.465 e. The van der Waals surface area contributed by atoms with Crippen LogP contribution >= 0.6 is 0 Å². The summed E-state index contributed by atoms with van der Waals surface area (Å²) in [4.78, 5) is 28.3. The van der Waals surface area contributed by atoms with Gasteiger partial charge >= 0.3 is 5.97 Å². The molecule has 1 N–H and O–H groups in total. The van der Waals surface area contributed by atoms with Gasteiger partial charge in [-0.15, -0.1) is 0 Å². The normalized spacial score (nSPS) is 14.6. The SMILES string of the molecule is COC(=O)c1cccc(NCC(=O)N2CCN(Cc3ccccc3)CC2)c1. The Morgan fingerprint density at radius 3 is 2.44 bits per heavy atom. The molecule has 142 valence electrons. The molecule has 1 aliphatic heterocycles. The van der Waals surface area contributed by atoms with Crippen LogP contribution in [0.15, 0.2) is 54.6 Å². The fraction of sp³-hybridized carbons (Fsp3) is 0.333. The van der Waals surface area contributed by atoms with Crippen molar-refractivity contribution in [2.24, 2.45) is 0 Å². The summed E-state index contributed by atoms with van der Waals surface area (Å²) >= 11 is 0. The molecule has 2 aromatic rings. The van der Waals surface area contributed by atoms with Crippen molar-refractivity contribution in [3.05, 3.63) is 65.7 Å². The fourth-order valence-electron chi connectivity index (χ4n) is 3.16. The van der Waals surface area contributed by atoms with E-state index in [-0.39, 0.29) is 18.4 Å². The zero-order valence-electron chi connectivity index (χ0n) is 15.6. The second-order valence-electron chi connectivity index (χ2n) is 6.57. The molecule has 0 saturated carbocycles. The summed E-state index contributed by atoms with van der Waals surface area (Å²) in [6.45, 7) is 4.34. The van der Waals surface area contributed by atoms with Crippen LogP contribution in [0.2, 0.25) is 0 Å². The van der Waals surface area contributed by atoms with Crippen molar-refractivity contribution in [3.8, 4) is 0 Å². The van der Waals surface area contributed by atoms with Crippen LogP contribution in [0.3, 0.4) is 0 Å². The highest BCUT2D eigenvalue weighted by atomic mass is 16.5. The van der Waals surface area contributed by atoms with Gasteiger partial charge in [-0.1, -0.05) is 36.4 Å². The molecule has 0 unspecified atom stereocenters. The Morgan fingerprint density at radius 2 is 1.74 bits per heavy atom. The Balaban J connectivity index is 1.45. The molecule has 6 nitrogen and oxygen atoms in total. The number of anilines is 1. The van der Waals surface area contributed by atoms with Crippen LogP contribution in [0, 0.1) is 0 Å². The average Bonchev–Trinajstić information content (AvgIpc) is 2.73. The third-order valence-corrected chi connectivity index (χ3v) is 4.70. The molecule has 0 bridgehead atoms. The third-order valence-electron chi connectivity index (χ3n) is 4.70. The minimum atomic E-state index is -0.389. The fourth-order valence-corrected chi connectivity index (χ4v) is 3.16. The molecule has 1 aliphatic rings. The highest BCUT2D eigenvalue weighted by Crippen LogP contribution is 2.12. The summed E-state index contributed by atoms with van der Waals surface area (Å²) in [5.41, 5.74) is 2.49. The summed E-state index contributed by atoms with van der Waals surface area (Å²) in [5.74, 6) is -0.322. The molecule has 6 heteroatoms. The van der Waals surface area contributed by atoms with E-state index in [4.69, 9.17) is 4.74 Å². The Morgan fingerprint density at radius 1 is 1.00 bits per heavy atom. The van der Waals surface area contributed by atoms with Crippen molar-refractivity contribution in [2.45, 2.75) is 6.54 Å². The van der Waals surface area contributed by atoms with Gasteiger partial charge in [-0.3, -0.25) is 9.69 Å². The van der Waals surface area contributed by atoms with Crippen molar-refractivity contribution in [2.75, 3.05) is 45.2 Å². The van der Waals surface area contributed by atoms with E-state index in [1.165, 1.54) is 12.7 Å². The molecule has 3 rings (SSSR count). The van der Waals surface area contributed by atoms with Crippen LogP contribution in [-0.4, -0.2) is 61.5 Å². The van der Waals surface area contributed by atoms with E-state index in [0.29, 0.717) is 5.56 Å². The van der Waals surface area contributed by atoms with Crippen molar-refractivity contribution >= 4 is 17.6 Å². The second-order valence-corrected chi connectivity index (χ2v) is 6.57. The first-order valence-corrected chi connectivity index (χ1v) is 9.12. The van der Waals surface area contributed by atoms with E-state index in [1.807, 2.05) is 17.0 Å². The minimum absolute atomic E-state index is 0.0674. The first-order chi connectivity index (χ1) is 13.2. The summed E-state index contributed by atoms with van der Waals surface area (Å²) < 4.78 is 4.72. The predicted molar refractivity (Wildman–Crippen MR) is 105 cm³/mol. The number of amides is 1. The molecular formula is C21H25N3O3. The number of hydrogen-bond donors (Lipinski definition) is 1. The molecule has 27 heavy (non-hydrogen) atoms. The summed E-state index contributed by atoms with van der Waals surface area (Å²) in [5, 5.41) is 3.10. The lowest BCUT2D eigenvalue weighted by Gasteiger charge is -2.34. The van der Waals surface area contributed by atoms with Gasteiger partial charge in [0.2, 0.25) is 5.91 Å². The Labute approximate surface area is 159 Å². The van der Waals surface area contributed by atoms with Gasteiger partial charge < -0.3 is 15.0 Å². The van der Waals surface area contributed by atoms with Crippen LogP contribution in [0.1, 0.15) is 15.9 Å². The van der Waals surface area contributed by atoms with Crippen molar-refractivity contribution in [1.29, 1.82) is 0 Å². The Hall–Kier alpha value is -2.86. The Kier molecular flexibility index (Phi) is 6.44.